The Morgan fingerprint density at radius 1 is 1.24 bits per heavy atom. The number of carbonyl (C=O) groups is 1. The molecule has 0 unspecified atom stereocenters. The highest BCUT2D eigenvalue weighted by atomic mass is 16.5. The number of aromatic nitrogens is 2. The van der Waals surface area contributed by atoms with Crippen molar-refractivity contribution < 1.29 is 9.53 Å². The molecule has 0 aliphatic heterocycles. The molecule has 0 aliphatic rings. The van der Waals surface area contributed by atoms with Crippen LogP contribution in [0.5, 0.6) is 5.75 Å². The number of para-hydroxylation sites is 1. The lowest BCUT2D eigenvalue weighted by Crippen LogP contribution is -2.37. The number of rotatable bonds is 5. The van der Waals surface area contributed by atoms with Gasteiger partial charge in [-0.1, -0.05) is 18.2 Å². The first kappa shape index (κ1) is 18.3. The average molecular weight is 343 g/mol. The minimum absolute atomic E-state index is 0.262. The van der Waals surface area contributed by atoms with Crippen LogP contribution in [0.3, 0.4) is 0 Å². The lowest BCUT2D eigenvalue weighted by atomic mass is 10.2. The van der Waals surface area contributed by atoms with Crippen LogP contribution in [0.4, 0.5) is 0 Å². The van der Waals surface area contributed by atoms with Crippen molar-refractivity contribution in [2.24, 2.45) is 14.1 Å². The molecule has 0 N–H and O–H groups in total. The highest BCUT2D eigenvalue weighted by Gasteiger charge is 2.10. The van der Waals surface area contributed by atoms with Crippen molar-refractivity contribution in [3.63, 3.8) is 0 Å². The third-order valence-electron chi connectivity index (χ3n) is 3.85. The van der Waals surface area contributed by atoms with Crippen molar-refractivity contribution >= 4 is 12.0 Å². The van der Waals surface area contributed by atoms with E-state index in [1.807, 2.05) is 24.3 Å². The summed E-state index contributed by atoms with van der Waals surface area (Å²) in [6, 6.07) is 7.45. The van der Waals surface area contributed by atoms with E-state index in [1.54, 1.807) is 21.2 Å². The molecule has 132 valence electrons. The molecule has 7 nitrogen and oxygen atoms in total. The molecule has 2 rings (SSSR count). The number of nitrogens with zero attached hydrogens (tertiary/aromatic N) is 3. The van der Waals surface area contributed by atoms with Crippen LogP contribution in [0, 0.1) is 0 Å². The largest absolute Gasteiger partial charge is 0.496 e. The van der Waals surface area contributed by atoms with E-state index in [1.165, 1.54) is 34.9 Å². The van der Waals surface area contributed by atoms with Gasteiger partial charge in [0.2, 0.25) is 5.91 Å². The van der Waals surface area contributed by atoms with Crippen molar-refractivity contribution in [3.05, 3.63) is 68.5 Å². The van der Waals surface area contributed by atoms with Gasteiger partial charge in [0.05, 0.1) is 12.7 Å². The molecule has 7 heteroatoms. The predicted molar refractivity (Wildman–Crippen MR) is 95.4 cm³/mol. The van der Waals surface area contributed by atoms with Crippen LogP contribution in [0.2, 0.25) is 0 Å². The lowest BCUT2D eigenvalue weighted by molar-refractivity contribution is -0.125. The van der Waals surface area contributed by atoms with Crippen molar-refractivity contribution in [1.82, 2.24) is 14.0 Å². The van der Waals surface area contributed by atoms with E-state index >= 15 is 0 Å². The van der Waals surface area contributed by atoms with Crippen LogP contribution >= 0.6 is 0 Å². The first-order valence-corrected chi connectivity index (χ1v) is 7.67. The maximum absolute atomic E-state index is 12.3. The second kappa shape index (κ2) is 7.65. The Kier molecular flexibility index (Phi) is 5.59. The summed E-state index contributed by atoms with van der Waals surface area (Å²) in [5.41, 5.74) is 0.289. The zero-order valence-corrected chi connectivity index (χ0v) is 14.7. The van der Waals surface area contributed by atoms with Crippen LogP contribution in [-0.4, -0.2) is 34.1 Å². The summed E-state index contributed by atoms with van der Waals surface area (Å²) in [5, 5.41) is 0. The molecule has 0 aliphatic carbocycles. The van der Waals surface area contributed by atoms with Gasteiger partial charge in [-0.3, -0.25) is 14.2 Å². The van der Waals surface area contributed by atoms with Gasteiger partial charge < -0.3 is 14.2 Å². The summed E-state index contributed by atoms with van der Waals surface area (Å²) in [7, 11) is 6.19. The van der Waals surface area contributed by atoms with Gasteiger partial charge in [0.1, 0.15) is 5.75 Å². The topological polar surface area (TPSA) is 73.5 Å². The number of benzene rings is 1. The van der Waals surface area contributed by atoms with E-state index in [9.17, 15) is 14.4 Å². The van der Waals surface area contributed by atoms with Gasteiger partial charge in [-0.05, 0) is 12.1 Å². The number of amides is 1. The summed E-state index contributed by atoms with van der Waals surface area (Å²) in [6.45, 7) is 0.373. The predicted octanol–water partition coefficient (Wildman–Crippen LogP) is 0.764. The molecule has 2 aromatic rings. The Labute approximate surface area is 145 Å². The van der Waals surface area contributed by atoms with E-state index in [0.29, 0.717) is 12.3 Å². The molecule has 1 heterocycles. The van der Waals surface area contributed by atoms with E-state index in [4.69, 9.17) is 4.74 Å². The SMILES string of the molecule is COc1ccccc1CN(C)C(=O)C=Cc1cn(C)c(=O)n(C)c1=O. The van der Waals surface area contributed by atoms with Gasteiger partial charge in [-0.15, -0.1) is 0 Å². The summed E-state index contributed by atoms with van der Waals surface area (Å²) < 4.78 is 7.57. The Morgan fingerprint density at radius 2 is 1.92 bits per heavy atom. The summed E-state index contributed by atoms with van der Waals surface area (Å²) >= 11 is 0. The molecule has 0 saturated carbocycles. The first-order valence-electron chi connectivity index (χ1n) is 7.67. The third kappa shape index (κ3) is 4.06. The number of methoxy groups -OCH3 is 1. The molecule has 0 saturated heterocycles. The smallest absolute Gasteiger partial charge is 0.330 e. The Hall–Kier alpha value is -3.09. The molecule has 0 spiro atoms. The van der Waals surface area contributed by atoms with Crippen LogP contribution in [0.1, 0.15) is 11.1 Å². The fourth-order valence-corrected chi connectivity index (χ4v) is 2.41. The normalized spacial score (nSPS) is 10.9. The molecule has 1 aromatic carbocycles. The van der Waals surface area contributed by atoms with Crippen LogP contribution in [0.15, 0.2) is 46.1 Å². The van der Waals surface area contributed by atoms with E-state index in [0.717, 1.165) is 10.1 Å². The fraction of sp³-hybridized carbons (Fsp3) is 0.278. The third-order valence-corrected chi connectivity index (χ3v) is 3.85. The number of ether oxygens (including phenoxy) is 1. The standard InChI is InChI=1S/C18H21N3O4/c1-19(11-13-7-5-6-8-15(13)25-4)16(22)10-9-14-12-20(2)18(24)21(3)17(14)23/h5-10,12H,11H2,1-4H3. The lowest BCUT2D eigenvalue weighted by Gasteiger charge is -2.17. The van der Waals surface area contributed by atoms with Crippen molar-refractivity contribution in [1.29, 1.82) is 0 Å². The molecule has 0 fully saturated rings. The second-order valence-corrected chi connectivity index (χ2v) is 5.68. The zero-order valence-electron chi connectivity index (χ0n) is 14.7. The average Bonchev–Trinajstić information content (AvgIpc) is 2.61. The van der Waals surface area contributed by atoms with E-state index < -0.39 is 11.2 Å². The monoisotopic (exact) mass is 343 g/mol. The Morgan fingerprint density at radius 3 is 2.60 bits per heavy atom. The highest BCUT2D eigenvalue weighted by molar-refractivity contribution is 5.91. The van der Waals surface area contributed by atoms with Gasteiger partial charge >= 0.3 is 5.69 Å². The minimum atomic E-state index is -0.445. The maximum atomic E-state index is 12.3. The fourth-order valence-electron chi connectivity index (χ4n) is 2.41. The van der Waals surface area contributed by atoms with Gasteiger partial charge in [0, 0.05) is 45.5 Å². The van der Waals surface area contributed by atoms with Gasteiger partial charge in [-0.25, -0.2) is 4.79 Å². The molecule has 1 amide bonds. The van der Waals surface area contributed by atoms with Crippen molar-refractivity contribution in [3.8, 4) is 5.75 Å². The van der Waals surface area contributed by atoms with Crippen molar-refractivity contribution in [2.45, 2.75) is 6.54 Å². The number of hydrogen-bond donors (Lipinski definition) is 0. The molecular formula is C18H21N3O4. The van der Waals surface area contributed by atoms with Crippen LogP contribution < -0.4 is 16.0 Å². The van der Waals surface area contributed by atoms with Gasteiger partial charge in [-0.2, -0.15) is 0 Å². The maximum Gasteiger partial charge on any atom is 0.330 e. The zero-order chi connectivity index (χ0) is 18.6. The van der Waals surface area contributed by atoms with Gasteiger partial charge in [0.25, 0.3) is 5.56 Å². The van der Waals surface area contributed by atoms with Crippen LogP contribution in [-0.2, 0) is 25.4 Å². The molecule has 0 atom stereocenters. The van der Waals surface area contributed by atoms with Gasteiger partial charge in [0.15, 0.2) is 0 Å². The summed E-state index contributed by atoms with van der Waals surface area (Å²) in [5.74, 6) is 0.444. The number of likely N-dealkylation sites (N-methyl/N-ethyl adjacent to an activating group) is 1. The number of hydrogen-bond acceptors (Lipinski definition) is 4. The van der Waals surface area contributed by atoms with Crippen LogP contribution in [0.25, 0.3) is 6.08 Å². The molecule has 0 radical (unpaired) electrons. The molecular weight excluding hydrogens is 322 g/mol. The second-order valence-electron chi connectivity index (χ2n) is 5.68. The quantitative estimate of drug-likeness (QED) is 0.752. The molecule has 0 bridgehead atoms. The first-order chi connectivity index (χ1) is 11.8. The Bertz CT molecular complexity index is 925. The van der Waals surface area contributed by atoms with Crippen molar-refractivity contribution in [2.75, 3.05) is 14.2 Å². The molecule has 1 aromatic heterocycles. The van der Waals surface area contributed by atoms with E-state index in [2.05, 4.69) is 0 Å². The highest BCUT2D eigenvalue weighted by Crippen LogP contribution is 2.18. The number of aryl methyl sites for hydroxylation is 1. The summed E-state index contributed by atoms with van der Waals surface area (Å²) in [4.78, 5) is 37.5. The Balaban J connectivity index is 2.18. The molecule has 25 heavy (non-hydrogen) atoms. The minimum Gasteiger partial charge on any atom is -0.496 e. The summed E-state index contributed by atoms with van der Waals surface area (Å²) in [6.07, 6.45) is 4.15. The number of carbonyl (C=O) groups excluding carboxylic acids is 1. The van der Waals surface area contributed by atoms with E-state index in [-0.39, 0.29) is 11.5 Å².